The summed E-state index contributed by atoms with van der Waals surface area (Å²) in [5, 5.41) is 6.13. The highest BCUT2D eigenvalue weighted by Gasteiger charge is 2.15. The molecule has 31 heavy (non-hydrogen) atoms. The number of fused-ring (bicyclic) bond motifs is 1. The first-order valence-electron chi connectivity index (χ1n) is 10.4. The number of carbonyl (C=O) groups is 1. The van der Waals surface area contributed by atoms with Crippen LogP contribution in [-0.2, 0) is 11.4 Å². The van der Waals surface area contributed by atoms with Gasteiger partial charge in [-0.25, -0.2) is 0 Å². The van der Waals surface area contributed by atoms with Crippen LogP contribution in [0.25, 0.3) is 0 Å². The standard InChI is InChI=1S/C25H26N2O4/c1-18(26-21-10-13-23-24(16-21)30-15-5-14-29-23)25(28)27-20-8-11-22(12-9-20)31-17-19-6-3-2-4-7-19/h2-4,6-13,16,18,26H,5,14-15,17H2,1H3,(H,27,28)/t18-/m0/s1. The van der Waals surface area contributed by atoms with Crippen LogP contribution in [0, 0.1) is 0 Å². The summed E-state index contributed by atoms with van der Waals surface area (Å²) >= 11 is 0. The first kappa shape index (κ1) is 20.6. The van der Waals surface area contributed by atoms with Crippen molar-refractivity contribution >= 4 is 17.3 Å². The summed E-state index contributed by atoms with van der Waals surface area (Å²) in [6.07, 6.45) is 0.854. The molecule has 0 bridgehead atoms. The highest BCUT2D eigenvalue weighted by atomic mass is 16.5. The third-order valence-electron chi connectivity index (χ3n) is 4.89. The average Bonchev–Trinajstić information content (AvgIpc) is 3.04. The molecule has 1 heterocycles. The molecule has 0 fully saturated rings. The Labute approximate surface area is 182 Å². The summed E-state index contributed by atoms with van der Waals surface area (Å²) < 4.78 is 17.1. The van der Waals surface area contributed by atoms with Gasteiger partial charge in [0.05, 0.1) is 13.2 Å². The predicted octanol–water partition coefficient (Wildman–Crippen LogP) is 4.87. The van der Waals surface area contributed by atoms with Crippen LogP contribution in [0.3, 0.4) is 0 Å². The van der Waals surface area contributed by atoms with E-state index in [-0.39, 0.29) is 5.91 Å². The number of nitrogens with one attached hydrogen (secondary N) is 2. The van der Waals surface area contributed by atoms with E-state index in [2.05, 4.69) is 10.6 Å². The van der Waals surface area contributed by atoms with E-state index in [4.69, 9.17) is 14.2 Å². The molecule has 160 valence electrons. The Morgan fingerprint density at radius 2 is 1.65 bits per heavy atom. The monoisotopic (exact) mass is 418 g/mol. The van der Waals surface area contributed by atoms with Gasteiger partial charge in [-0.1, -0.05) is 30.3 Å². The third-order valence-corrected chi connectivity index (χ3v) is 4.89. The minimum absolute atomic E-state index is 0.134. The lowest BCUT2D eigenvalue weighted by Gasteiger charge is -2.17. The molecule has 1 atom stereocenters. The minimum Gasteiger partial charge on any atom is -0.490 e. The zero-order chi connectivity index (χ0) is 21.5. The van der Waals surface area contributed by atoms with Gasteiger partial charge < -0.3 is 24.8 Å². The molecule has 0 aliphatic carbocycles. The number of benzene rings is 3. The molecule has 0 saturated carbocycles. The summed E-state index contributed by atoms with van der Waals surface area (Å²) in [5.74, 6) is 2.04. The van der Waals surface area contributed by atoms with Crippen LogP contribution in [-0.4, -0.2) is 25.2 Å². The summed E-state index contributed by atoms with van der Waals surface area (Å²) in [6, 6.07) is 22.5. The Hall–Kier alpha value is -3.67. The maximum absolute atomic E-state index is 12.6. The minimum atomic E-state index is -0.432. The first-order valence-corrected chi connectivity index (χ1v) is 10.4. The molecule has 0 radical (unpaired) electrons. The normalized spacial score (nSPS) is 13.6. The van der Waals surface area contributed by atoms with Crippen LogP contribution < -0.4 is 24.8 Å². The zero-order valence-corrected chi connectivity index (χ0v) is 17.5. The SMILES string of the molecule is C[C@H](Nc1ccc2c(c1)OCCCO2)C(=O)Nc1ccc(OCc2ccccc2)cc1. The van der Waals surface area contributed by atoms with Crippen molar-refractivity contribution in [1.29, 1.82) is 0 Å². The van der Waals surface area contributed by atoms with Crippen LogP contribution in [0.15, 0.2) is 72.8 Å². The molecular formula is C25H26N2O4. The topological polar surface area (TPSA) is 68.8 Å². The summed E-state index contributed by atoms with van der Waals surface area (Å²) in [5.41, 5.74) is 2.62. The molecule has 3 aromatic carbocycles. The van der Waals surface area contributed by atoms with E-state index in [1.165, 1.54) is 0 Å². The van der Waals surface area contributed by atoms with Gasteiger partial charge in [0.25, 0.3) is 0 Å². The van der Waals surface area contributed by atoms with Crippen LogP contribution >= 0.6 is 0 Å². The molecule has 0 unspecified atom stereocenters. The van der Waals surface area contributed by atoms with E-state index >= 15 is 0 Å². The lowest BCUT2D eigenvalue weighted by molar-refractivity contribution is -0.116. The second-order valence-electron chi connectivity index (χ2n) is 7.37. The van der Waals surface area contributed by atoms with Crippen molar-refractivity contribution in [3.8, 4) is 17.2 Å². The van der Waals surface area contributed by atoms with Crippen molar-refractivity contribution in [2.45, 2.75) is 26.0 Å². The van der Waals surface area contributed by atoms with Crippen molar-refractivity contribution in [3.05, 3.63) is 78.4 Å². The van der Waals surface area contributed by atoms with Crippen molar-refractivity contribution in [1.82, 2.24) is 0 Å². The van der Waals surface area contributed by atoms with Crippen molar-refractivity contribution in [2.24, 2.45) is 0 Å². The van der Waals surface area contributed by atoms with Crippen LogP contribution in [0.4, 0.5) is 11.4 Å². The van der Waals surface area contributed by atoms with E-state index in [0.717, 1.165) is 29.2 Å². The molecule has 6 heteroatoms. The summed E-state index contributed by atoms with van der Waals surface area (Å²) in [6.45, 7) is 3.59. The zero-order valence-electron chi connectivity index (χ0n) is 17.5. The van der Waals surface area contributed by atoms with Crippen molar-refractivity contribution < 1.29 is 19.0 Å². The number of carbonyl (C=O) groups excluding carboxylic acids is 1. The van der Waals surface area contributed by atoms with Crippen molar-refractivity contribution in [3.63, 3.8) is 0 Å². The van der Waals surface area contributed by atoms with E-state index in [0.29, 0.717) is 31.3 Å². The summed E-state index contributed by atoms with van der Waals surface area (Å²) in [7, 11) is 0. The Bertz CT molecular complexity index is 1010. The number of rotatable bonds is 7. The molecule has 1 amide bonds. The van der Waals surface area contributed by atoms with Gasteiger partial charge in [-0.15, -0.1) is 0 Å². The molecule has 2 N–H and O–H groups in total. The Kier molecular flexibility index (Phi) is 6.57. The van der Waals surface area contributed by atoms with Crippen molar-refractivity contribution in [2.75, 3.05) is 23.8 Å². The van der Waals surface area contributed by atoms with Gasteiger partial charge in [0.15, 0.2) is 11.5 Å². The highest BCUT2D eigenvalue weighted by molar-refractivity contribution is 5.96. The van der Waals surface area contributed by atoms with Gasteiger partial charge in [0.2, 0.25) is 5.91 Å². The van der Waals surface area contributed by atoms with Crippen LogP contribution in [0.2, 0.25) is 0 Å². The molecule has 4 rings (SSSR count). The molecule has 6 nitrogen and oxygen atoms in total. The number of hydrogen-bond donors (Lipinski definition) is 2. The Balaban J connectivity index is 1.30. The van der Waals surface area contributed by atoms with Gasteiger partial charge in [-0.05, 0) is 48.9 Å². The predicted molar refractivity (Wildman–Crippen MR) is 121 cm³/mol. The molecule has 1 aliphatic rings. The van der Waals surface area contributed by atoms with Crippen LogP contribution in [0.1, 0.15) is 18.9 Å². The maximum atomic E-state index is 12.6. The van der Waals surface area contributed by atoms with Gasteiger partial charge in [0, 0.05) is 23.9 Å². The Morgan fingerprint density at radius 3 is 2.42 bits per heavy atom. The lowest BCUT2D eigenvalue weighted by Crippen LogP contribution is -2.31. The number of amides is 1. The van der Waals surface area contributed by atoms with E-state index < -0.39 is 6.04 Å². The fourth-order valence-electron chi connectivity index (χ4n) is 3.19. The van der Waals surface area contributed by atoms with E-state index in [1.54, 1.807) is 0 Å². The summed E-state index contributed by atoms with van der Waals surface area (Å²) in [4.78, 5) is 12.6. The molecule has 3 aromatic rings. The lowest BCUT2D eigenvalue weighted by atomic mass is 10.2. The first-order chi connectivity index (χ1) is 15.2. The van der Waals surface area contributed by atoms with E-state index in [9.17, 15) is 4.79 Å². The fraction of sp³-hybridized carbons (Fsp3) is 0.240. The molecule has 0 spiro atoms. The average molecular weight is 418 g/mol. The smallest absolute Gasteiger partial charge is 0.246 e. The number of anilines is 2. The maximum Gasteiger partial charge on any atom is 0.246 e. The second kappa shape index (κ2) is 9.89. The fourth-order valence-corrected chi connectivity index (χ4v) is 3.19. The largest absolute Gasteiger partial charge is 0.490 e. The highest BCUT2D eigenvalue weighted by Crippen LogP contribution is 2.32. The van der Waals surface area contributed by atoms with Gasteiger partial charge in [0.1, 0.15) is 18.4 Å². The molecule has 0 aromatic heterocycles. The molecular weight excluding hydrogens is 392 g/mol. The number of ether oxygens (including phenoxy) is 3. The van der Waals surface area contributed by atoms with E-state index in [1.807, 2.05) is 79.7 Å². The third kappa shape index (κ3) is 5.69. The molecule has 0 saturated heterocycles. The van der Waals surface area contributed by atoms with Crippen LogP contribution in [0.5, 0.6) is 17.2 Å². The van der Waals surface area contributed by atoms with Gasteiger partial charge in [-0.2, -0.15) is 0 Å². The van der Waals surface area contributed by atoms with Gasteiger partial charge in [-0.3, -0.25) is 4.79 Å². The number of hydrogen-bond acceptors (Lipinski definition) is 5. The molecule has 1 aliphatic heterocycles. The quantitative estimate of drug-likeness (QED) is 0.573. The Morgan fingerprint density at radius 1 is 0.935 bits per heavy atom. The second-order valence-corrected chi connectivity index (χ2v) is 7.37. The van der Waals surface area contributed by atoms with Gasteiger partial charge >= 0.3 is 0 Å².